The van der Waals surface area contributed by atoms with Gasteiger partial charge in [-0.3, -0.25) is 4.79 Å². The number of hydrogen-bond acceptors (Lipinski definition) is 4. The van der Waals surface area contributed by atoms with E-state index in [1.165, 1.54) is 18.2 Å². The maximum atomic E-state index is 13.6. The van der Waals surface area contributed by atoms with Crippen LogP contribution in [0.15, 0.2) is 42.5 Å². The van der Waals surface area contributed by atoms with Gasteiger partial charge in [-0.15, -0.1) is 0 Å². The zero-order valence-electron chi connectivity index (χ0n) is 17.1. The van der Waals surface area contributed by atoms with Crippen LogP contribution in [0.3, 0.4) is 0 Å². The van der Waals surface area contributed by atoms with E-state index in [9.17, 15) is 14.3 Å². The summed E-state index contributed by atoms with van der Waals surface area (Å²) < 4.78 is 19.1. The molecule has 2 heterocycles. The molecule has 0 radical (unpaired) electrons. The molecule has 160 valence electrons. The lowest BCUT2D eigenvalue weighted by molar-refractivity contribution is -0.137. The van der Waals surface area contributed by atoms with Gasteiger partial charge in [-0.05, 0) is 74.5 Å². The summed E-state index contributed by atoms with van der Waals surface area (Å²) in [5.41, 5.74) is 1.80. The number of carbonyl (C=O) groups excluding carboxylic acids is 1. The van der Waals surface area contributed by atoms with Crippen LogP contribution in [0.5, 0.6) is 5.75 Å². The van der Waals surface area contributed by atoms with Gasteiger partial charge >= 0.3 is 0 Å². The summed E-state index contributed by atoms with van der Waals surface area (Å²) in [5.74, 6) is -0.210. The monoisotopic (exact) mass is 412 g/mol. The standard InChI is InChI=1S/C24H29FN2O3/c25-19-5-6-22(28)21(15-19)18-3-1-17(2-4-18)16-24(9-13-30-14-10-24)23(29)27-20-7-11-26-12-8-20/h1-6,15,20,26,28H,7-14,16H2,(H,27,29). The second-order valence-corrected chi connectivity index (χ2v) is 8.43. The lowest BCUT2D eigenvalue weighted by Crippen LogP contribution is -2.51. The molecule has 30 heavy (non-hydrogen) atoms. The lowest BCUT2D eigenvalue weighted by atomic mass is 9.74. The number of ether oxygens (including phenoxy) is 1. The fraction of sp³-hybridized carbons (Fsp3) is 0.458. The van der Waals surface area contributed by atoms with Crippen molar-refractivity contribution in [2.45, 2.75) is 38.1 Å². The van der Waals surface area contributed by atoms with Gasteiger partial charge in [0, 0.05) is 24.8 Å². The van der Waals surface area contributed by atoms with Gasteiger partial charge in [-0.1, -0.05) is 24.3 Å². The first kappa shape index (κ1) is 20.8. The number of piperidine rings is 1. The third kappa shape index (κ3) is 4.65. The van der Waals surface area contributed by atoms with Gasteiger partial charge in [-0.25, -0.2) is 4.39 Å². The normalized spacial score (nSPS) is 19.4. The smallest absolute Gasteiger partial charge is 0.226 e. The highest BCUT2D eigenvalue weighted by Gasteiger charge is 2.40. The first-order valence-electron chi connectivity index (χ1n) is 10.7. The molecule has 0 aliphatic carbocycles. The van der Waals surface area contributed by atoms with Crippen LogP contribution >= 0.6 is 0 Å². The van der Waals surface area contributed by atoms with Crippen molar-refractivity contribution < 1.29 is 19.0 Å². The molecule has 0 saturated carbocycles. The summed E-state index contributed by atoms with van der Waals surface area (Å²) in [5, 5.41) is 16.7. The topological polar surface area (TPSA) is 70.6 Å². The van der Waals surface area contributed by atoms with Crippen LogP contribution in [0.1, 0.15) is 31.2 Å². The molecule has 2 aromatic carbocycles. The number of rotatable bonds is 5. The zero-order valence-corrected chi connectivity index (χ0v) is 17.1. The van der Waals surface area contributed by atoms with Crippen molar-refractivity contribution in [3.8, 4) is 16.9 Å². The Balaban J connectivity index is 1.51. The van der Waals surface area contributed by atoms with Crippen molar-refractivity contribution in [2.75, 3.05) is 26.3 Å². The number of amides is 1. The maximum Gasteiger partial charge on any atom is 0.226 e. The van der Waals surface area contributed by atoms with Crippen molar-refractivity contribution in [1.29, 1.82) is 0 Å². The summed E-state index contributed by atoms with van der Waals surface area (Å²) in [6, 6.07) is 11.9. The van der Waals surface area contributed by atoms with Gasteiger partial charge in [0.05, 0.1) is 5.41 Å². The highest BCUT2D eigenvalue weighted by molar-refractivity contribution is 5.83. The van der Waals surface area contributed by atoms with Gasteiger partial charge in [-0.2, -0.15) is 0 Å². The highest BCUT2D eigenvalue weighted by atomic mass is 19.1. The molecule has 0 spiro atoms. The summed E-state index contributed by atoms with van der Waals surface area (Å²) in [6.45, 7) is 3.06. The van der Waals surface area contributed by atoms with Gasteiger partial charge in [0.2, 0.25) is 5.91 Å². The van der Waals surface area contributed by atoms with Crippen molar-refractivity contribution >= 4 is 5.91 Å². The van der Waals surface area contributed by atoms with Crippen LogP contribution < -0.4 is 10.6 Å². The third-order valence-corrected chi connectivity index (χ3v) is 6.37. The largest absolute Gasteiger partial charge is 0.507 e. The Morgan fingerprint density at radius 2 is 1.83 bits per heavy atom. The van der Waals surface area contributed by atoms with Gasteiger partial charge in [0.1, 0.15) is 11.6 Å². The van der Waals surface area contributed by atoms with Crippen LogP contribution in [0.25, 0.3) is 11.1 Å². The molecule has 0 unspecified atom stereocenters. The number of hydrogen-bond donors (Lipinski definition) is 3. The Morgan fingerprint density at radius 3 is 2.53 bits per heavy atom. The maximum absolute atomic E-state index is 13.6. The van der Waals surface area contributed by atoms with Gasteiger partial charge in [0.15, 0.2) is 0 Å². The number of aromatic hydroxyl groups is 1. The van der Waals surface area contributed by atoms with Crippen molar-refractivity contribution in [2.24, 2.45) is 5.41 Å². The summed E-state index contributed by atoms with van der Waals surface area (Å²) in [4.78, 5) is 13.3. The molecule has 2 fully saturated rings. The molecule has 2 saturated heterocycles. The Morgan fingerprint density at radius 1 is 1.13 bits per heavy atom. The minimum Gasteiger partial charge on any atom is -0.507 e. The number of halogens is 1. The van der Waals surface area contributed by atoms with E-state index < -0.39 is 5.41 Å². The predicted octanol–water partition coefficient (Wildman–Crippen LogP) is 3.41. The van der Waals surface area contributed by atoms with E-state index >= 15 is 0 Å². The second kappa shape index (κ2) is 9.14. The Labute approximate surface area is 176 Å². The highest BCUT2D eigenvalue weighted by Crippen LogP contribution is 2.36. The molecule has 4 rings (SSSR count). The Kier molecular flexibility index (Phi) is 6.35. The SMILES string of the molecule is O=C(NC1CCNCC1)C1(Cc2ccc(-c3cc(F)ccc3O)cc2)CCOCC1. The summed E-state index contributed by atoms with van der Waals surface area (Å²) in [7, 11) is 0. The van der Waals surface area contributed by atoms with Crippen molar-refractivity contribution in [1.82, 2.24) is 10.6 Å². The third-order valence-electron chi connectivity index (χ3n) is 6.37. The molecule has 0 bridgehead atoms. The minimum absolute atomic E-state index is 0.0476. The molecular formula is C24H29FN2O3. The van der Waals surface area contributed by atoms with Crippen molar-refractivity contribution in [3.05, 3.63) is 53.8 Å². The number of benzene rings is 2. The van der Waals surface area contributed by atoms with E-state index in [-0.39, 0.29) is 23.5 Å². The number of phenols is 1. The van der Waals surface area contributed by atoms with Crippen molar-refractivity contribution in [3.63, 3.8) is 0 Å². The van der Waals surface area contributed by atoms with Crippen LogP contribution in [0.2, 0.25) is 0 Å². The zero-order chi connectivity index (χ0) is 21.0. The Hall–Kier alpha value is -2.44. The van der Waals surface area contributed by atoms with E-state index in [4.69, 9.17) is 4.74 Å². The fourth-order valence-electron chi connectivity index (χ4n) is 4.48. The number of phenolic OH excluding ortho intramolecular Hbond substituents is 1. The molecule has 2 aliphatic heterocycles. The molecule has 0 atom stereocenters. The molecule has 1 amide bonds. The van der Waals surface area contributed by atoms with Crippen LogP contribution in [0.4, 0.5) is 4.39 Å². The molecular weight excluding hydrogens is 383 g/mol. The average Bonchev–Trinajstić information content (AvgIpc) is 2.77. The summed E-state index contributed by atoms with van der Waals surface area (Å²) >= 11 is 0. The second-order valence-electron chi connectivity index (χ2n) is 8.43. The minimum atomic E-state index is -0.467. The van der Waals surface area contributed by atoms with E-state index in [1.807, 2.05) is 24.3 Å². The molecule has 2 aromatic rings. The summed E-state index contributed by atoms with van der Waals surface area (Å²) in [6.07, 6.45) is 3.98. The van der Waals surface area contributed by atoms with Gasteiger partial charge in [0.25, 0.3) is 0 Å². The molecule has 2 aliphatic rings. The Bertz CT molecular complexity index is 873. The van der Waals surface area contributed by atoms with Gasteiger partial charge < -0.3 is 20.5 Å². The first-order valence-corrected chi connectivity index (χ1v) is 10.7. The van der Waals surface area contributed by atoms with Crippen LogP contribution in [-0.2, 0) is 16.0 Å². The van der Waals surface area contributed by atoms with Crippen LogP contribution in [-0.4, -0.2) is 43.4 Å². The van der Waals surface area contributed by atoms with E-state index in [0.717, 1.165) is 37.1 Å². The van der Waals surface area contributed by atoms with Crippen LogP contribution in [0, 0.1) is 11.2 Å². The molecule has 6 heteroatoms. The predicted molar refractivity (Wildman–Crippen MR) is 114 cm³/mol. The average molecular weight is 413 g/mol. The first-order chi connectivity index (χ1) is 14.6. The quantitative estimate of drug-likeness (QED) is 0.704. The van der Waals surface area contributed by atoms with E-state index in [2.05, 4.69) is 10.6 Å². The molecule has 0 aromatic heterocycles. The van der Waals surface area contributed by atoms with E-state index in [1.54, 1.807) is 0 Å². The number of nitrogens with one attached hydrogen (secondary N) is 2. The lowest BCUT2D eigenvalue weighted by Gasteiger charge is -2.38. The fourth-order valence-corrected chi connectivity index (χ4v) is 4.48. The molecule has 5 nitrogen and oxygen atoms in total. The number of carbonyl (C=O) groups is 1. The van der Waals surface area contributed by atoms with E-state index in [0.29, 0.717) is 38.0 Å². The molecule has 3 N–H and O–H groups in total.